The molecule has 0 aliphatic heterocycles. The zero-order chi connectivity index (χ0) is 33.8. The van der Waals surface area contributed by atoms with E-state index in [2.05, 4.69) is 148 Å². The van der Waals surface area contributed by atoms with E-state index in [0.29, 0.717) is 5.89 Å². The molecule has 7 aromatic carbocycles. The molecule has 0 fully saturated rings. The Morgan fingerprint density at radius 1 is 0.480 bits per heavy atom. The van der Waals surface area contributed by atoms with Gasteiger partial charge in [0.1, 0.15) is 5.52 Å². The van der Waals surface area contributed by atoms with E-state index in [-0.39, 0.29) is 10.8 Å². The molecule has 0 unspecified atom stereocenters. The van der Waals surface area contributed by atoms with Gasteiger partial charge in [0.15, 0.2) is 5.58 Å². The number of rotatable bonds is 4. The van der Waals surface area contributed by atoms with Crippen molar-refractivity contribution in [3.63, 3.8) is 0 Å². The van der Waals surface area contributed by atoms with Crippen LogP contribution in [-0.2, 0) is 10.8 Å². The molecule has 0 atom stereocenters. The summed E-state index contributed by atoms with van der Waals surface area (Å²) in [6.45, 7) is 9.38. The van der Waals surface area contributed by atoms with Gasteiger partial charge >= 0.3 is 0 Å². The minimum Gasteiger partial charge on any atom is -0.435 e. The summed E-state index contributed by atoms with van der Waals surface area (Å²) in [6.07, 6.45) is 0. The second-order valence-electron chi connectivity index (χ2n) is 14.8. The van der Waals surface area contributed by atoms with Crippen molar-refractivity contribution < 1.29 is 4.42 Å². The monoisotopic (exact) mass is 644 g/mol. The zero-order valence-corrected chi connectivity index (χ0v) is 28.7. The van der Waals surface area contributed by atoms with E-state index in [9.17, 15) is 0 Å². The Bertz CT molecular complexity index is 2660. The fraction of sp³-hybridized carbons (Fsp3) is 0.128. The van der Waals surface area contributed by atoms with Crippen LogP contribution in [0.4, 0.5) is 17.1 Å². The van der Waals surface area contributed by atoms with Gasteiger partial charge in [-0.1, -0.05) is 119 Å². The summed E-state index contributed by atoms with van der Waals surface area (Å²) in [7, 11) is 0. The summed E-state index contributed by atoms with van der Waals surface area (Å²) in [5, 5.41) is 2.15. The topological polar surface area (TPSA) is 29.3 Å². The van der Waals surface area contributed by atoms with Crippen LogP contribution in [0.5, 0.6) is 0 Å². The number of hydrogen-bond donors (Lipinski definition) is 0. The summed E-state index contributed by atoms with van der Waals surface area (Å²) in [5.74, 6) is 0.635. The molecular weight excluding hydrogens is 609 g/mol. The van der Waals surface area contributed by atoms with E-state index < -0.39 is 0 Å². The Morgan fingerprint density at radius 3 is 1.88 bits per heavy atom. The molecule has 0 spiro atoms. The molecule has 3 heteroatoms. The molecule has 10 rings (SSSR count). The molecule has 1 heterocycles. The third-order valence-electron chi connectivity index (χ3n) is 11.3. The molecule has 1 aromatic heterocycles. The molecular formula is C47H36N2O. The number of fused-ring (bicyclic) bond motifs is 9. The Balaban J connectivity index is 1.21. The maximum absolute atomic E-state index is 6.53. The molecule has 0 radical (unpaired) electrons. The van der Waals surface area contributed by atoms with Crippen LogP contribution in [0.3, 0.4) is 0 Å². The maximum atomic E-state index is 6.53. The predicted octanol–water partition coefficient (Wildman–Crippen LogP) is 12.7. The first-order valence-corrected chi connectivity index (χ1v) is 17.5. The van der Waals surface area contributed by atoms with Gasteiger partial charge in [-0.15, -0.1) is 0 Å². The number of benzene rings is 7. The highest BCUT2D eigenvalue weighted by molar-refractivity contribution is 6.10. The molecule has 0 N–H and O–H groups in total. The first kappa shape index (κ1) is 29.0. The SMILES string of the molecule is CC1(C)c2ccccc2-c2cc(N(c3ccc4c(c3)C(C)(C)c3ccccc3-4)c3cccc4c3ccc3nc(-c5ccccc5)oc34)ccc21. The van der Waals surface area contributed by atoms with Crippen LogP contribution < -0.4 is 4.90 Å². The van der Waals surface area contributed by atoms with E-state index in [0.717, 1.165) is 44.5 Å². The Morgan fingerprint density at radius 2 is 1.10 bits per heavy atom. The second-order valence-corrected chi connectivity index (χ2v) is 14.8. The summed E-state index contributed by atoms with van der Waals surface area (Å²) in [6, 6.07) is 52.8. The lowest BCUT2D eigenvalue weighted by molar-refractivity contribution is 0.623. The van der Waals surface area contributed by atoms with Crippen molar-refractivity contribution in [3.8, 4) is 33.7 Å². The average Bonchev–Trinajstić information content (AvgIpc) is 3.76. The van der Waals surface area contributed by atoms with Gasteiger partial charge in [-0.25, -0.2) is 4.98 Å². The summed E-state index contributed by atoms with van der Waals surface area (Å²) in [5.41, 5.74) is 16.5. The van der Waals surface area contributed by atoms with Crippen molar-refractivity contribution in [1.29, 1.82) is 0 Å². The zero-order valence-electron chi connectivity index (χ0n) is 28.7. The highest BCUT2D eigenvalue weighted by Crippen LogP contribution is 2.53. The van der Waals surface area contributed by atoms with E-state index in [1.54, 1.807) is 0 Å². The molecule has 2 aliphatic carbocycles. The third kappa shape index (κ3) is 4.01. The minimum atomic E-state index is -0.118. The lowest BCUT2D eigenvalue weighted by atomic mass is 9.82. The van der Waals surface area contributed by atoms with Gasteiger partial charge in [0.25, 0.3) is 0 Å². The average molecular weight is 645 g/mol. The van der Waals surface area contributed by atoms with Crippen molar-refractivity contribution in [1.82, 2.24) is 4.98 Å². The first-order valence-electron chi connectivity index (χ1n) is 17.5. The van der Waals surface area contributed by atoms with E-state index in [1.165, 1.54) is 44.5 Å². The van der Waals surface area contributed by atoms with Gasteiger partial charge in [-0.2, -0.15) is 0 Å². The predicted molar refractivity (Wildman–Crippen MR) is 207 cm³/mol. The molecule has 50 heavy (non-hydrogen) atoms. The summed E-state index contributed by atoms with van der Waals surface area (Å²) in [4.78, 5) is 7.33. The fourth-order valence-corrected chi connectivity index (χ4v) is 8.73. The van der Waals surface area contributed by atoms with Crippen molar-refractivity contribution in [2.75, 3.05) is 4.90 Å². The highest BCUT2D eigenvalue weighted by Gasteiger charge is 2.37. The van der Waals surface area contributed by atoms with Crippen molar-refractivity contribution >= 4 is 38.9 Å². The Kier molecular flexibility index (Phi) is 5.97. The molecule has 2 aliphatic rings. The van der Waals surface area contributed by atoms with Crippen molar-refractivity contribution in [2.24, 2.45) is 0 Å². The lowest BCUT2D eigenvalue weighted by Gasteiger charge is -2.30. The Labute approximate surface area is 292 Å². The van der Waals surface area contributed by atoms with Crippen LogP contribution in [0.1, 0.15) is 49.9 Å². The molecule has 0 saturated carbocycles. The van der Waals surface area contributed by atoms with Gasteiger partial charge in [0.05, 0.1) is 5.69 Å². The second kappa shape index (κ2) is 10.3. The van der Waals surface area contributed by atoms with Crippen LogP contribution in [-0.4, -0.2) is 4.98 Å². The third-order valence-corrected chi connectivity index (χ3v) is 11.3. The first-order chi connectivity index (χ1) is 24.3. The van der Waals surface area contributed by atoms with Crippen LogP contribution in [0, 0.1) is 0 Å². The van der Waals surface area contributed by atoms with E-state index >= 15 is 0 Å². The molecule has 8 aromatic rings. The molecule has 240 valence electrons. The number of oxazole rings is 1. The van der Waals surface area contributed by atoms with Crippen LogP contribution in [0.25, 0.3) is 55.6 Å². The van der Waals surface area contributed by atoms with E-state index in [4.69, 9.17) is 9.40 Å². The van der Waals surface area contributed by atoms with Gasteiger partial charge in [0.2, 0.25) is 5.89 Å². The molecule has 0 amide bonds. The number of hydrogen-bond acceptors (Lipinski definition) is 3. The van der Waals surface area contributed by atoms with Crippen molar-refractivity contribution in [2.45, 2.75) is 38.5 Å². The summed E-state index contributed by atoms with van der Waals surface area (Å²) >= 11 is 0. The molecule has 0 saturated heterocycles. The van der Waals surface area contributed by atoms with Gasteiger partial charge in [0, 0.05) is 38.5 Å². The summed E-state index contributed by atoms with van der Waals surface area (Å²) < 4.78 is 6.53. The molecule has 3 nitrogen and oxygen atoms in total. The van der Waals surface area contributed by atoms with Gasteiger partial charge in [-0.05, 0) is 99.1 Å². The normalized spacial score (nSPS) is 14.7. The number of aromatic nitrogens is 1. The Hall–Kier alpha value is -5.93. The van der Waals surface area contributed by atoms with Crippen LogP contribution in [0.2, 0.25) is 0 Å². The van der Waals surface area contributed by atoms with E-state index in [1.807, 2.05) is 30.3 Å². The fourth-order valence-electron chi connectivity index (χ4n) is 8.73. The largest absolute Gasteiger partial charge is 0.435 e. The minimum absolute atomic E-state index is 0.0630. The standard InChI is InChI=1S/C47H36N2O/c1-46(2)39-19-11-9-16-33(39)37-27-30(22-25-40(37)46)49(31-21-23-34-32-15-8-10-18-38(32)47(3,4)41(34)28-31)43-20-12-17-36-35(43)24-26-42-44(36)50-45(48-42)29-13-6-5-7-14-29/h5-28H,1-4H3. The number of nitrogens with zero attached hydrogens (tertiary/aromatic N) is 2. The highest BCUT2D eigenvalue weighted by atomic mass is 16.3. The van der Waals surface area contributed by atoms with Gasteiger partial charge in [-0.3, -0.25) is 0 Å². The van der Waals surface area contributed by atoms with Gasteiger partial charge < -0.3 is 9.32 Å². The maximum Gasteiger partial charge on any atom is 0.227 e. The smallest absolute Gasteiger partial charge is 0.227 e. The van der Waals surface area contributed by atoms with Crippen LogP contribution >= 0.6 is 0 Å². The number of anilines is 3. The lowest BCUT2D eigenvalue weighted by Crippen LogP contribution is -2.17. The van der Waals surface area contributed by atoms with Crippen LogP contribution in [0.15, 0.2) is 150 Å². The quantitative estimate of drug-likeness (QED) is 0.191. The molecule has 0 bridgehead atoms. The van der Waals surface area contributed by atoms with Crippen molar-refractivity contribution in [3.05, 3.63) is 168 Å².